The number of benzene rings is 3. The number of nitrogens with zero attached hydrogens (tertiary/aromatic N) is 2. The van der Waals surface area contributed by atoms with Crippen molar-refractivity contribution in [2.75, 3.05) is 0 Å². The Balaban J connectivity index is 2.41. The predicted molar refractivity (Wildman–Crippen MR) is 160 cm³/mol. The molecule has 3 aromatic rings. The largest absolute Gasteiger partial charge is 0.419 e. The van der Waals surface area contributed by atoms with Crippen molar-refractivity contribution in [3.63, 3.8) is 0 Å². The Morgan fingerprint density at radius 3 is 1.14 bits per heavy atom. The van der Waals surface area contributed by atoms with E-state index in [2.05, 4.69) is 134 Å². The summed E-state index contributed by atoms with van der Waals surface area (Å²) >= 11 is 0. The Morgan fingerprint density at radius 2 is 0.800 bits per heavy atom. The molecule has 0 aliphatic carbocycles. The maximum Gasteiger partial charge on any atom is 0.115 e. The molecule has 35 heavy (non-hydrogen) atoms. The van der Waals surface area contributed by atoms with E-state index in [4.69, 9.17) is 14.1 Å². The van der Waals surface area contributed by atoms with E-state index in [-0.39, 0.29) is 0 Å². The quantitative estimate of drug-likeness (QED) is 0.169. The van der Waals surface area contributed by atoms with Crippen LogP contribution in [0, 0.1) is 14.1 Å². The van der Waals surface area contributed by atoms with Crippen LogP contribution < -0.4 is 24.9 Å². The molecule has 0 fully saturated rings. The molecule has 0 bridgehead atoms. The molecule has 2 nitrogen and oxygen atoms in total. The number of rotatable bonds is 9. The Morgan fingerprint density at radius 1 is 0.486 bits per heavy atom. The van der Waals surface area contributed by atoms with Gasteiger partial charge in [-0.2, -0.15) is 0 Å². The molecule has 0 amide bonds. The summed E-state index contributed by atoms with van der Waals surface area (Å²) in [6.45, 7) is 18.3. The topological polar surface area (TPSA) is 0 Å². The second kappa shape index (κ2) is 11.0. The van der Waals surface area contributed by atoms with Crippen molar-refractivity contribution in [3.05, 3.63) is 93.0 Å². The highest BCUT2D eigenvalue weighted by molar-refractivity contribution is 7.80. The third kappa shape index (κ3) is 4.99. The summed E-state index contributed by atoms with van der Waals surface area (Å²) in [6.07, 6.45) is 0. The lowest BCUT2D eigenvalue weighted by atomic mass is 10.1. The Hall–Kier alpha value is -1.99. The van der Waals surface area contributed by atoms with E-state index in [0.29, 0.717) is 33.1 Å². The molecule has 3 aromatic carbocycles. The van der Waals surface area contributed by atoms with Gasteiger partial charge in [0, 0.05) is 10.6 Å². The van der Waals surface area contributed by atoms with Gasteiger partial charge in [0.05, 0.1) is 24.2 Å². The molecule has 0 heterocycles. The fraction of sp³-hybridized carbons (Fsp3) is 0.375. The second-order valence-electron chi connectivity index (χ2n) is 10.9. The first-order chi connectivity index (χ1) is 16.5. The van der Waals surface area contributed by atoms with Crippen LogP contribution in [0.2, 0.25) is 0 Å². The standard InChI is InChI=1S/C32H45N2P/c1-24(2)33(9,25(3)4)29-20-14-16-22-31(29)35(28-18-12-11-13-19-28)32-23-17-15-21-30(32)34(10,26(5)6)27(7)8/h11-27H,9-10H2,1-8H3. The van der Waals surface area contributed by atoms with Crippen molar-refractivity contribution in [1.82, 2.24) is 8.97 Å². The van der Waals surface area contributed by atoms with Gasteiger partial charge in [0.2, 0.25) is 0 Å². The van der Waals surface area contributed by atoms with E-state index in [1.165, 1.54) is 27.3 Å². The SMILES string of the molecule is [CH2-][N+](c1ccccc1P(c1ccccc1)c1ccccc1[N+]([CH2-])(C(C)C)C(C)C)(C(C)C)C(C)C. The molecule has 3 heteroatoms. The number of hydrogen-bond donors (Lipinski definition) is 0. The molecule has 0 radical (unpaired) electrons. The minimum absolute atomic E-state index is 0.355. The first-order valence-corrected chi connectivity index (χ1v) is 14.3. The molecule has 0 aliphatic rings. The van der Waals surface area contributed by atoms with Crippen LogP contribution in [0.25, 0.3) is 0 Å². The van der Waals surface area contributed by atoms with Crippen LogP contribution in [0.5, 0.6) is 0 Å². The van der Waals surface area contributed by atoms with E-state index in [1.807, 2.05) is 0 Å². The van der Waals surface area contributed by atoms with Crippen LogP contribution in [0.1, 0.15) is 55.4 Å². The van der Waals surface area contributed by atoms with E-state index < -0.39 is 7.92 Å². The molecule has 0 N–H and O–H groups in total. The van der Waals surface area contributed by atoms with Crippen molar-refractivity contribution in [3.8, 4) is 0 Å². The summed E-state index contributed by atoms with van der Waals surface area (Å²) in [5.74, 6) is 0. The van der Waals surface area contributed by atoms with Gasteiger partial charge in [0.25, 0.3) is 0 Å². The highest BCUT2D eigenvalue weighted by Gasteiger charge is 2.36. The van der Waals surface area contributed by atoms with Gasteiger partial charge < -0.3 is 8.97 Å². The average Bonchev–Trinajstić information content (AvgIpc) is 2.84. The third-order valence-electron chi connectivity index (χ3n) is 7.84. The van der Waals surface area contributed by atoms with Crippen molar-refractivity contribution in [2.45, 2.75) is 79.6 Å². The summed E-state index contributed by atoms with van der Waals surface area (Å²) in [6, 6.07) is 30.5. The van der Waals surface area contributed by atoms with Gasteiger partial charge in [-0.3, -0.25) is 0 Å². The van der Waals surface area contributed by atoms with Gasteiger partial charge in [-0.1, -0.05) is 54.6 Å². The molecule has 3 rings (SSSR count). The molecule has 0 aromatic heterocycles. The fourth-order valence-corrected chi connectivity index (χ4v) is 8.04. The first-order valence-electron chi connectivity index (χ1n) is 13.0. The van der Waals surface area contributed by atoms with Crippen LogP contribution >= 0.6 is 7.92 Å². The molecule has 0 aliphatic heterocycles. The summed E-state index contributed by atoms with van der Waals surface area (Å²) in [7, 11) is 8.83. The van der Waals surface area contributed by atoms with E-state index in [1.54, 1.807) is 0 Å². The Bertz CT molecular complexity index is 1020. The summed E-state index contributed by atoms with van der Waals surface area (Å²) in [5, 5.41) is 4.13. The predicted octanol–water partition coefficient (Wildman–Crippen LogP) is 7.28. The van der Waals surface area contributed by atoms with Crippen LogP contribution in [-0.2, 0) is 0 Å². The van der Waals surface area contributed by atoms with Crippen LogP contribution in [0.15, 0.2) is 78.9 Å². The maximum absolute atomic E-state index is 4.83. The lowest BCUT2D eigenvalue weighted by Crippen LogP contribution is -2.57. The zero-order valence-electron chi connectivity index (χ0n) is 23.1. The van der Waals surface area contributed by atoms with Gasteiger partial charge in [-0.05, 0) is 92.9 Å². The van der Waals surface area contributed by atoms with E-state index >= 15 is 0 Å². The van der Waals surface area contributed by atoms with Crippen molar-refractivity contribution < 1.29 is 0 Å². The van der Waals surface area contributed by atoms with Gasteiger partial charge in [0.15, 0.2) is 0 Å². The highest BCUT2D eigenvalue weighted by atomic mass is 31.1. The molecule has 0 saturated carbocycles. The number of hydrogen-bond acceptors (Lipinski definition) is 0. The van der Waals surface area contributed by atoms with Crippen molar-refractivity contribution >= 4 is 35.2 Å². The molecule has 188 valence electrons. The monoisotopic (exact) mass is 488 g/mol. The van der Waals surface area contributed by atoms with Crippen LogP contribution in [-0.4, -0.2) is 24.2 Å². The molecule has 0 saturated heterocycles. The van der Waals surface area contributed by atoms with Crippen molar-refractivity contribution in [1.29, 1.82) is 0 Å². The highest BCUT2D eigenvalue weighted by Crippen LogP contribution is 2.44. The van der Waals surface area contributed by atoms with Gasteiger partial charge in [-0.15, -0.1) is 14.1 Å². The molecular formula is C32H45N2P. The smallest absolute Gasteiger partial charge is 0.115 e. The zero-order valence-corrected chi connectivity index (χ0v) is 24.0. The second-order valence-corrected chi connectivity index (χ2v) is 13.0. The van der Waals surface area contributed by atoms with Gasteiger partial charge in [0.1, 0.15) is 11.4 Å². The first kappa shape index (κ1) is 27.6. The van der Waals surface area contributed by atoms with E-state index in [0.717, 1.165) is 0 Å². The Labute approximate surface area is 216 Å². The van der Waals surface area contributed by atoms with E-state index in [9.17, 15) is 0 Å². The lowest BCUT2D eigenvalue weighted by molar-refractivity contribution is 0.251. The maximum atomic E-state index is 4.83. The van der Waals surface area contributed by atoms with Crippen LogP contribution in [0.3, 0.4) is 0 Å². The van der Waals surface area contributed by atoms with Gasteiger partial charge >= 0.3 is 0 Å². The molecular weight excluding hydrogens is 443 g/mol. The minimum atomic E-state index is -0.826. The number of para-hydroxylation sites is 2. The number of quaternary nitrogens is 2. The molecule has 0 atom stereocenters. The summed E-state index contributed by atoms with van der Waals surface area (Å²) < 4.78 is 1.31. The summed E-state index contributed by atoms with van der Waals surface area (Å²) in [5.41, 5.74) is 2.64. The van der Waals surface area contributed by atoms with Crippen LogP contribution in [0.4, 0.5) is 11.4 Å². The Kier molecular flexibility index (Phi) is 8.64. The third-order valence-corrected chi connectivity index (χ3v) is 10.4. The molecule has 0 spiro atoms. The zero-order chi connectivity index (χ0) is 26.0. The van der Waals surface area contributed by atoms with Crippen molar-refractivity contribution in [2.24, 2.45) is 0 Å². The summed E-state index contributed by atoms with van der Waals surface area (Å²) in [4.78, 5) is 0. The molecule has 0 unspecified atom stereocenters. The normalized spacial score (nSPS) is 13.0. The van der Waals surface area contributed by atoms with Gasteiger partial charge in [-0.25, -0.2) is 0 Å². The lowest BCUT2D eigenvalue weighted by Gasteiger charge is -2.52. The fourth-order valence-electron chi connectivity index (χ4n) is 5.30. The average molecular weight is 489 g/mol. The minimum Gasteiger partial charge on any atom is -0.419 e.